The first-order valence-corrected chi connectivity index (χ1v) is 7.96. The van der Waals surface area contributed by atoms with Crippen molar-refractivity contribution in [1.82, 2.24) is 0 Å². The summed E-state index contributed by atoms with van der Waals surface area (Å²) in [5.74, 6) is 0. The van der Waals surface area contributed by atoms with Crippen molar-refractivity contribution in [3.8, 4) is 11.1 Å². The highest BCUT2D eigenvalue weighted by Crippen LogP contribution is 2.47. The third-order valence-electron chi connectivity index (χ3n) is 3.78. The number of anilines is 2. The van der Waals surface area contributed by atoms with Crippen LogP contribution < -0.4 is 5.32 Å². The molecule has 1 heterocycles. The van der Waals surface area contributed by atoms with Crippen molar-refractivity contribution in [3.63, 3.8) is 0 Å². The van der Waals surface area contributed by atoms with Crippen LogP contribution >= 0.6 is 11.8 Å². The van der Waals surface area contributed by atoms with Crippen LogP contribution in [0.25, 0.3) is 11.1 Å². The Balaban J connectivity index is 1.79. The van der Waals surface area contributed by atoms with Crippen LogP contribution in [0.1, 0.15) is 0 Å². The molecular weight excluding hydrogens is 308 g/mol. The summed E-state index contributed by atoms with van der Waals surface area (Å²) in [5, 5.41) is 14.3. The minimum absolute atomic E-state index is 0.103. The first kappa shape index (κ1) is 13.8. The Morgan fingerprint density at radius 3 is 2.39 bits per heavy atom. The lowest BCUT2D eigenvalue weighted by molar-refractivity contribution is -0.384. The van der Waals surface area contributed by atoms with Crippen LogP contribution in [0.2, 0.25) is 0 Å². The molecule has 0 aromatic heterocycles. The average Bonchev–Trinajstić information content (AvgIpc) is 2.59. The highest BCUT2D eigenvalue weighted by Gasteiger charge is 2.18. The van der Waals surface area contributed by atoms with Gasteiger partial charge < -0.3 is 5.32 Å². The molecule has 1 aliphatic rings. The maximum atomic E-state index is 10.8. The van der Waals surface area contributed by atoms with E-state index >= 15 is 0 Å². The molecule has 0 unspecified atom stereocenters. The molecule has 5 heteroatoms. The van der Waals surface area contributed by atoms with Crippen LogP contribution in [0, 0.1) is 10.1 Å². The molecule has 4 rings (SSSR count). The Hall–Kier alpha value is -2.79. The number of hydrogen-bond donors (Lipinski definition) is 1. The predicted molar refractivity (Wildman–Crippen MR) is 92.4 cm³/mol. The van der Waals surface area contributed by atoms with E-state index in [1.165, 1.54) is 4.90 Å². The van der Waals surface area contributed by atoms with E-state index in [0.29, 0.717) is 0 Å². The highest BCUT2D eigenvalue weighted by molar-refractivity contribution is 7.99. The van der Waals surface area contributed by atoms with Crippen molar-refractivity contribution >= 4 is 28.8 Å². The molecule has 0 spiro atoms. The number of nitrogens with one attached hydrogen (secondary N) is 1. The van der Waals surface area contributed by atoms with Crippen LogP contribution in [0.3, 0.4) is 0 Å². The van der Waals surface area contributed by atoms with Crippen LogP contribution in [0.5, 0.6) is 0 Å². The Kier molecular flexibility index (Phi) is 3.28. The minimum atomic E-state index is -0.380. The molecule has 0 atom stereocenters. The van der Waals surface area contributed by atoms with Crippen molar-refractivity contribution in [1.29, 1.82) is 0 Å². The van der Waals surface area contributed by atoms with Gasteiger partial charge in [0.2, 0.25) is 0 Å². The van der Waals surface area contributed by atoms with E-state index < -0.39 is 0 Å². The van der Waals surface area contributed by atoms with E-state index in [0.717, 1.165) is 27.4 Å². The van der Waals surface area contributed by atoms with Crippen molar-refractivity contribution in [2.24, 2.45) is 0 Å². The Bertz CT molecular complexity index is 907. The van der Waals surface area contributed by atoms with E-state index in [1.807, 2.05) is 24.3 Å². The Labute approximate surface area is 137 Å². The van der Waals surface area contributed by atoms with Crippen LogP contribution in [-0.4, -0.2) is 4.92 Å². The molecule has 3 aromatic carbocycles. The predicted octanol–water partition coefficient (Wildman–Crippen LogP) is 5.47. The zero-order valence-electron chi connectivity index (χ0n) is 12.0. The normalized spacial score (nSPS) is 12.0. The number of hydrogen-bond acceptors (Lipinski definition) is 4. The summed E-state index contributed by atoms with van der Waals surface area (Å²) in [5.41, 5.74) is 4.23. The highest BCUT2D eigenvalue weighted by atomic mass is 32.2. The maximum absolute atomic E-state index is 10.8. The lowest BCUT2D eigenvalue weighted by atomic mass is 10.0. The molecule has 0 amide bonds. The largest absolute Gasteiger partial charge is 0.353 e. The van der Waals surface area contributed by atoms with Gasteiger partial charge in [-0.05, 0) is 35.9 Å². The summed E-state index contributed by atoms with van der Waals surface area (Å²) in [6.45, 7) is 0. The Morgan fingerprint density at radius 1 is 0.870 bits per heavy atom. The number of nitro groups is 1. The summed E-state index contributed by atoms with van der Waals surface area (Å²) >= 11 is 1.73. The summed E-state index contributed by atoms with van der Waals surface area (Å²) in [4.78, 5) is 12.8. The second-order valence-electron chi connectivity index (χ2n) is 5.21. The molecule has 1 aliphatic heterocycles. The molecule has 0 bridgehead atoms. The summed E-state index contributed by atoms with van der Waals surface area (Å²) in [6, 6.07) is 21.0. The molecule has 0 saturated carbocycles. The van der Waals surface area contributed by atoms with Gasteiger partial charge >= 0.3 is 0 Å². The molecule has 112 valence electrons. The van der Waals surface area contributed by atoms with Crippen molar-refractivity contribution in [3.05, 3.63) is 76.8 Å². The van der Waals surface area contributed by atoms with Crippen LogP contribution in [0.15, 0.2) is 76.5 Å². The third-order valence-corrected chi connectivity index (χ3v) is 4.92. The molecule has 23 heavy (non-hydrogen) atoms. The number of nitrogens with zero attached hydrogens (tertiary/aromatic N) is 1. The number of para-hydroxylation sites is 2. The van der Waals surface area contributed by atoms with E-state index in [9.17, 15) is 10.1 Å². The molecule has 0 saturated heterocycles. The molecule has 1 N–H and O–H groups in total. The van der Waals surface area contributed by atoms with E-state index in [1.54, 1.807) is 36.0 Å². The van der Waals surface area contributed by atoms with Crippen molar-refractivity contribution < 1.29 is 4.92 Å². The van der Waals surface area contributed by atoms with Crippen molar-refractivity contribution in [2.45, 2.75) is 9.79 Å². The summed E-state index contributed by atoms with van der Waals surface area (Å²) < 4.78 is 0. The van der Waals surface area contributed by atoms with E-state index in [2.05, 4.69) is 23.5 Å². The van der Waals surface area contributed by atoms with Gasteiger partial charge in [0.25, 0.3) is 5.69 Å². The zero-order valence-corrected chi connectivity index (χ0v) is 12.8. The molecular formula is C18H12N2O2S. The SMILES string of the molecule is O=[N+]([O-])c1ccc(-c2cccc3c2Nc2ccccc2S3)cc1. The number of fused-ring (bicyclic) bond motifs is 2. The second kappa shape index (κ2) is 5.44. The fourth-order valence-corrected chi connectivity index (χ4v) is 3.68. The average molecular weight is 320 g/mol. The van der Waals surface area contributed by atoms with Gasteiger partial charge in [0.05, 0.1) is 16.3 Å². The molecule has 0 aliphatic carbocycles. The number of benzene rings is 3. The van der Waals surface area contributed by atoms with Gasteiger partial charge in [-0.1, -0.05) is 36.0 Å². The van der Waals surface area contributed by atoms with Crippen molar-refractivity contribution in [2.75, 3.05) is 5.32 Å². The van der Waals surface area contributed by atoms with Crippen LogP contribution in [0.4, 0.5) is 17.1 Å². The third kappa shape index (κ3) is 2.45. The molecule has 4 nitrogen and oxygen atoms in total. The van der Waals surface area contributed by atoms with Gasteiger partial charge in [0.1, 0.15) is 0 Å². The first-order valence-electron chi connectivity index (χ1n) is 7.14. The summed E-state index contributed by atoms with van der Waals surface area (Å²) in [6.07, 6.45) is 0. The Morgan fingerprint density at radius 2 is 1.61 bits per heavy atom. The van der Waals surface area contributed by atoms with Crippen LogP contribution in [-0.2, 0) is 0 Å². The molecule has 0 radical (unpaired) electrons. The fraction of sp³-hybridized carbons (Fsp3) is 0. The zero-order chi connectivity index (χ0) is 15.8. The van der Waals surface area contributed by atoms with E-state index in [4.69, 9.17) is 0 Å². The topological polar surface area (TPSA) is 55.2 Å². The summed E-state index contributed by atoms with van der Waals surface area (Å²) in [7, 11) is 0. The first-order chi connectivity index (χ1) is 11.2. The lowest BCUT2D eigenvalue weighted by Gasteiger charge is -2.23. The van der Waals surface area contributed by atoms with E-state index in [-0.39, 0.29) is 10.6 Å². The monoisotopic (exact) mass is 320 g/mol. The molecule has 3 aromatic rings. The second-order valence-corrected chi connectivity index (χ2v) is 6.29. The lowest BCUT2D eigenvalue weighted by Crippen LogP contribution is -2.01. The number of nitro benzene ring substituents is 1. The number of rotatable bonds is 2. The quantitative estimate of drug-likeness (QED) is 0.393. The van der Waals surface area contributed by atoms with Gasteiger partial charge in [-0.2, -0.15) is 0 Å². The molecule has 0 fully saturated rings. The standard InChI is InChI=1S/C18H12N2O2S/c21-20(22)13-10-8-12(9-11-13)14-4-3-7-17-18(14)19-15-5-1-2-6-16(15)23-17/h1-11,19H. The minimum Gasteiger partial charge on any atom is -0.353 e. The van der Waals surface area contributed by atoms with Gasteiger partial charge in [-0.25, -0.2) is 0 Å². The van der Waals surface area contributed by atoms with Gasteiger partial charge in [-0.15, -0.1) is 0 Å². The smallest absolute Gasteiger partial charge is 0.269 e. The maximum Gasteiger partial charge on any atom is 0.269 e. The van der Waals surface area contributed by atoms with Gasteiger partial charge in [0, 0.05) is 27.5 Å². The number of non-ortho nitro benzene ring substituents is 1. The van der Waals surface area contributed by atoms with Gasteiger partial charge in [-0.3, -0.25) is 10.1 Å². The fourth-order valence-electron chi connectivity index (χ4n) is 2.66. The van der Waals surface area contributed by atoms with Gasteiger partial charge in [0.15, 0.2) is 0 Å².